The molecule has 0 saturated heterocycles. The van der Waals surface area contributed by atoms with Crippen LogP contribution in [-0.2, 0) is 6.42 Å². The molecule has 0 aliphatic heterocycles. The second kappa shape index (κ2) is 5.87. The Morgan fingerprint density at radius 3 is 3.00 bits per heavy atom. The Hall–Kier alpha value is -1.85. The lowest BCUT2D eigenvalue weighted by molar-refractivity contribution is 0.414. The normalized spacial score (nSPS) is 12.5. The summed E-state index contributed by atoms with van der Waals surface area (Å²) in [6.45, 7) is 0. The van der Waals surface area contributed by atoms with Gasteiger partial charge in [-0.25, -0.2) is 4.52 Å². The summed E-state index contributed by atoms with van der Waals surface area (Å²) < 4.78 is 8.15. The molecule has 5 heteroatoms. The standard InChI is InChI=1S/C16H16BrN3O/c1-21-12-5-6-14(17)11(8-12)9-15(18)13-10-19-20-7-3-2-4-16(13)20/h2-8,10,15H,9,18H2,1H3. The van der Waals surface area contributed by atoms with E-state index in [-0.39, 0.29) is 6.04 Å². The summed E-state index contributed by atoms with van der Waals surface area (Å²) in [5, 5.41) is 4.34. The maximum atomic E-state index is 6.38. The summed E-state index contributed by atoms with van der Waals surface area (Å²) in [7, 11) is 1.66. The van der Waals surface area contributed by atoms with Gasteiger partial charge in [-0.2, -0.15) is 5.10 Å². The first kappa shape index (κ1) is 14.1. The van der Waals surface area contributed by atoms with Crippen LogP contribution in [0.1, 0.15) is 17.2 Å². The fourth-order valence-corrected chi connectivity index (χ4v) is 2.83. The second-order valence-corrected chi connectivity index (χ2v) is 5.75. The van der Waals surface area contributed by atoms with Crippen LogP contribution in [-0.4, -0.2) is 16.7 Å². The van der Waals surface area contributed by atoms with E-state index in [2.05, 4.69) is 21.0 Å². The molecule has 0 aliphatic carbocycles. The van der Waals surface area contributed by atoms with Gasteiger partial charge < -0.3 is 10.5 Å². The molecule has 0 amide bonds. The predicted molar refractivity (Wildman–Crippen MR) is 86.5 cm³/mol. The molecule has 2 heterocycles. The molecule has 0 spiro atoms. The number of halogens is 1. The average Bonchev–Trinajstić information content (AvgIpc) is 2.93. The van der Waals surface area contributed by atoms with E-state index in [1.54, 1.807) is 7.11 Å². The van der Waals surface area contributed by atoms with Crippen molar-refractivity contribution in [2.24, 2.45) is 5.73 Å². The maximum Gasteiger partial charge on any atom is 0.119 e. The van der Waals surface area contributed by atoms with E-state index in [4.69, 9.17) is 10.5 Å². The highest BCUT2D eigenvalue weighted by atomic mass is 79.9. The number of hydrogen-bond donors (Lipinski definition) is 1. The van der Waals surface area contributed by atoms with Crippen LogP contribution in [0, 0.1) is 0 Å². The molecule has 0 saturated carbocycles. The van der Waals surface area contributed by atoms with E-state index >= 15 is 0 Å². The average molecular weight is 346 g/mol. The van der Waals surface area contributed by atoms with Crippen LogP contribution < -0.4 is 10.5 Å². The van der Waals surface area contributed by atoms with Crippen LogP contribution in [0.3, 0.4) is 0 Å². The summed E-state index contributed by atoms with van der Waals surface area (Å²) >= 11 is 3.57. The Morgan fingerprint density at radius 2 is 2.19 bits per heavy atom. The quantitative estimate of drug-likeness (QED) is 0.788. The second-order valence-electron chi connectivity index (χ2n) is 4.90. The van der Waals surface area contributed by atoms with Crippen LogP contribution in [0.15, 0.2) is 53.3 Å². The highest BCUT2D eigenvalue weighted by Gasteiger charge is 2.14. The van der Waals surface area contributed by atoms with E-state index in [9.17, 15) is 0 Å². The van der Waals surface area contributed by atoms with Crippen LogP contribution in [0.2, 0.25) is 0 Å². The number of nitrogens with two attached hydrogens (primary N) is 1. The fraction of sp³-hybridized carbons (Fsp3) is 0.188. The highest BCUT2D eigenvalue weighted by Crippen LogP contribution is 2.27. The van der Waals surface area contributed by atoms with Crippen molar-refractivity contribution in [3.63, 3.8) is 0 Å². The fourth-order valence-electron chi connectivity index (χ4n) is 2.42. The molecular formula is C16H16BrN3O. The van der Waals surface area contributed by atoms with Gasteiger partial charge in [-0.05, 0) is 42.3 Å². The predicted octanol–water partition coefficient (Wildman–Crippen LogP) is 3.35. The number of aromatic nitrogens is 2. The molecule has 3 rings (SSSR count). The molecule has 0 fully saturated rings. The number of fused-ring (bicyclic) bond motifs is 1. The largest absolute Gasteiger partial charge is 0.497 e. The molecule has 2 aromatic heterocycles. The number of benzene rings is 1. The number of ether oxygens (including phenoxy) is 1. The topological polar surface area (TPSA) is 52.5 Å². The molecule has 0 radical (unpaired) electrons. The molecule has 1 unspecified atom stereocenters. The Labute approximate surface area is 131 Å². The van der Waals surface area contributed by atoms with Gasteiger partial charge in [-0.15, -0.1) is 0 Å². The SMILES string of the molecule is COc1ccc(Br)c(CC(N)c2cnn3ccccc23)c1. The van der Waals surface area contributed by atoms with E-state index in [1.165, 1.54) is 0 Å². The Morgan fingerprint density at radius 1 is 1.33 bits per heavy atom. The summed E-state index contributed by atoms with van der Waals surface area (Å²) in [5.41, 5.74) is 9.60. The van der Waals surface area contributed by atoms with Gasteiger partial charge in [0.25, 0.3) is 0 Å². The number of hydrogen-bond acceptors (Lipinski definition) is 3. The third-order valence-corrected chi connectivity index (χ3v) is 4.32. The Kier molecular flexibility index (Phi) is 3.94. The zero-order valence-corrected chi connectivity index (χ0v) is 13.2. The molecule has 2 N–H and O–H groups in total. The monoisotopic (exact) mass is 345 g/mol. The minimum absolute atomic E-state index is 0.117. The van der Waals surface area contributed by atoms with Gasteiger partial charge in [0.15, 0.2) is 0 Å². The van der Waals surface area contributed by atoms with E-state index < -0.39 is 0 Å². The molecule has 21 heavy (non-hydrogen) atoms. The Balaban J connectivity index is 1.91. The summed E-state index contributed by atoms with van der Waals surface area (Å²) in [4.78, 5) is 0. The van der Waals surface area contributed by atoms with E-state index in [1.807, 2.05) is 53.3 Å². The van der Waals surface area contributed by atoms with Crippen molar-refractivity contribution in [2.75, 3.05) is 7.11 Å². The molecule has 108 valence electrons. The van der Waals surface area contributed by atoms with Crippen molar-refractivity contribution in [1.29, 1.82) is 0 Å². The van der Waals surface area contributed by atoms with Gasteiger partial charge >= 0.3 is 0 Å². The number of rotatable bonds is 4. The van der Waals surface area contributed by atoms with Gasteiger partial charge in [0, 0.05) is 22.3 Å². The van der Waals surface area contributed by atoms with Crippen molar-refractivity contribution in [3.8, 4) is 5.75 Å². The van der Waals surface area contributed by atoms with Crippen LogP contribution in [0.5, 0.6) is 5.75 Å². The van der Waals surface area contributed by atoms with Gasteiger partial charge in [0.2, 0.25) is 0 Å². The minimum Gasteiger partial charge on any atom is -0.497 e. The van der Waals surface area contributed by atoms with E-state index in [0.717, 1.165) is 26.9 Å². The lowest BCUT2D eigenvalue weighted by Gasteiger charge is -2.13. The van der Waals surface area contributed by atoms with Crippen molar-refractivity contribution >= 4 is 21.4 Å². The zero-order chi connectivity index (χ0) is 14.8. The van der Waals surface area contributed by atoms with Gasteiger partial charge in [0.05, 0.1) is 18.8 Å². The molecule has 1 aromatic carbocycles. The molecule has 4 nitrogen and oxygen atoms in total. The summed E-state index contributed by atoms with van der Waals surface area (Å²) in [5.74, 6) is 0.834. The third-order valence-electron chi connectivity index (χ3n) is 3.55. The van der Waals surface area contributed by atoms with Crippen molar-refractivity contribution < 1.29 is 4.74 Å². The van der Waals surface area contributed by atoms with Crippen LogP contribution >= 0.6 is 15.9 Å². The smallest absolute Gasteiger partial charge is 0.119 e. The minimum atomic E-state index is -0.117. The zero-order valence-electron chi connectivity index (χ0n) is 11.7. The lowest BCUT2D eigenvalue weighted by atomic mass is 10.0. The first-order valence-electron chi connectivity index (χ1n) is 6.69. The summed E-state index contributed by atoms with van der Waals surface area (Å²) in [6.07, 6.45) is 4.48. The maximum absolute atomic E-state index is 6.38. The van der Waals surface area contributed by atoms with Gasteiger partial charge in [-0.3, -0.25) is 0 Å². The summed E-state index contributed by atoms with van der Waals surface area (Å²) in [6, 6.07) is 11.8. The third kappa shape index (κ3) is 2.80. The molecular weight excluding hydrogens is 330 g/mol. The van der Waals surface area contributed by atoms with Crippen LogP contribution in [0.25, 0.3) is 5.52 Å². The molecule has 0 aliphatic rings. The first-order valence-corrected chi connectivity index (χ1v) is 7.48. The highest BCUT2D eigenvalue weighted by molar-refractivity contribution is 9.10. The molecule has 0 bridgehead atoms. The van der Waals surface area contributed by atoms with Gasteiger partial charge in [0.1, 0.15) is 5.75 Å². The lowest BCUT2D eigenvalue weighted by Crippen LogP contribution is -2.13. The first-order chi connectivity index (χ1) is 10.2. The Bertz CT molecular complexity index is 769. The number of nitrogens with zero attached hydrogens (tertiary/aromatic N) is 2. The number of pyridine rings is 1. The van der Waals surface area contributed by atoms with Crippen molar-refractivity contribution in [1.82, 2.24) is 9.61 Å². The van der Waals surface area contributed by atoms with Crippen molar-refractivity contribution in [2.45, 2.75) is 12.5 Å². The molecule has 1 atom stereocenters. The van der Waals surface area contributed by atoms with Crippen LogP contribution in [0.4, 0.5) is 0 Å². The van der Waals surface area contributed by atoms with E-state index in [0.29, 0.717) is 6.42 Å². The number of methoxy groups -OCH3 is 1. The molecule has 3 aromatic rings. The van der Waals surface area contributed by atoms with Crippen molar-refractivity contribution in [3.05, 3.63) is 64.4 Å². The van der Waals surface area contributed by atoms with Gasteiger partial charge in [-0.1, -0.05) is 22.0 Å².